The van der Waals surface area contributed by atoms with Crippen LogP contribution in [-0.2, 0) is 13.0 Å². The second-order valence-electron chi connectivity index (χ2n) is 7.68. The van der Waals surface area contributed by atoms with Gasteiger partial charge in [0.1, 0.15) is 5.15 Å². The number of aromatic amines is 2. The van der Waals surface area contributed by atoms with Crippen molar-refractivity contribution in [3.63, 3.8) is 0 Å². The second-order valence-corrected chi connectivity index (χ2v) is 8.07. The SMILES string of the molecule is O=c1[nH]c2ccnc(C3CC3)c2n1Cc1cc2cc(Cl)nc(CCCCF)c2[nH]1. The third kappa shape index (κ3) is 3.44. The minimum Gasteiger partial charge on any atom is -0.355 e. The summed E-state index contributed by atoms with van der Waals surface area (Å²) in [6.07, 6.45) is 5.87. The number of fused-ring (bicyclic) bond motifs is 2. The summed E-state index contributed by atoms with van der Waals surface area (Å²) in [6, 6.07) is 5.65. The molecule has 4 aromatic heterocycles. The Bertz CT molecular complexity index is 1250. The van der Waals surface area contributed by atoms with E-state index >= 15 is 0 Å². The van der Waals surface area contributed by atoms with Crippen molar-refractivity contribution in [1.82, 2.24) is 24.5 Å². The van der Waals surface area contributed by atoms with Crippen molar-refractivity contribution in [2.45, 2.75) is 44.6 Å². The summed E-state index contributed by atoms with van der Waals surface area (Å²) in [5.41, 5.74) is 5.18. The van der Waals surface area contributed by atoms with E-state index in [0.717, 1.165) is 51.9 Å². The van der Waals surface area contributed by atoms with Crippen LogP contribution < -0.4 is 5.69 Å². The zero-order valence-corrected chi connectivity index (χ0v) is 16.6. The Hall–Kier alpha value is -2.67. The molecular formula is C21H21ClFN5O. The molecule has 6 nitrogen and oxygen atoms in total. The molecule has 0 aromatic carbocycles. The van der Waals surface area contributed by atoms with Crippen LogP contribution in [0.25, 0.3) is 21.9 Å². The zero-order valence-electron chi connectivity index (χ0n) is 15.8. The lowest BCUT2D eigenvalue weighted by Gasteiger charge is -2.06. The summed E-state index contributed by atoms with van der Waals surface area (Å²) in [5.74, 6) is 0.438. The summed E-state index contributed by atoms with van der Waals surface area (Å²) < 4.78 is 14.2. The summed E-state index contributed by atoms with van der Waals surface area (Å²) in [4.78, 5) is 28.0. The highest BCUT2D eigenvalue weighted by atomic mass is 35.5. The lowest BCUT2D eigenvalue weighted by molar-refractivity contribution is 0.461. The molecule has 0 spiro atoms. The molecule has 0 atom stereocenters. The normalized spacial score (nSPS) is 14.3. The number of alkyl halides is 1. The summed E-state index contributed by atoms with van der Waals surface area (Å²) in [5, 5.41) is 1.37. The van der Waals surface area contributed by atoms with Crippen LogP contribution in [0.15, 0.2) is 29.2 Å². The number of nitrogens with one attached hydrogen (secondary N) is 2. The zero-order chi connectivity index (χ0) is 20.0. The van der Waals surface area contributed by atoms with Crippen LogP contribution in [0.1, 0.15) is 48.7 Å². The highest BCUT2D eigenvalue weighted by Crippen LogP contribution is 2.41. The number of imidazole rings is 1. The molecule has 0 bridgehead atoms. The van der Waals surface area contributed by atoms with E-state index < -0.39 is 0 Å². The molecule has 0 amide bonds. The molecular weight excluding hydrogens is 393 g/mol. The van der Waals surface area contributed by atoms with Gasteiger partial charge in [0.05, 0.1) is 41.2 Å². The van der Waals surface area contributed by atoms with E-state index in [0.29, 0.717) is 36.9 Å². The van der Waals surface area contributed by atoms with Crippen molar-refractivity contribution >= 4 is 33.5 Å². The molecule has 150 valence electrons. The number of rotatable bonds is 7. The minimum absolute atomic E-state index is 0.145. The lowest BCUT2D eigenvalue weighted by atomic mass is 10.1. The average Bonchev–Trinajstić information content (AvgIpc) is 3.39. The standard InChI is InChI=1S/C21H21ClFN5O/c22-17-10-13-9-14(25-18(13)15(26-17)3-1-2-7-23)11-28-20-16(27-21(28)29)6-8-24-19(20)12-4-5-12/h6,8-10,12,25H,1-5,7,11H2,(H,27,29). The van der Waals surface area contributed by atoms with E-state index in [1.165, 1.54) is 0 Å². The van der Waals surface area contributed by atoms with E-state index in [-0.39, 0.29) is 12.4 Å². The van der Waals surface area contributed by atoms with Gasteiger partial charge in [-0.2, -0.15) is 0 Å². The molecule has 29 heavy (non-hydrogen) atoms. The first-order valence-electron chi connectivity index (χ1n) is 9.94. The Morgan fingerprint density at radius 1 is 1.24 bits per heavy atom. The van der Waals surface area contributed by atoms with E-state index in [2.05, 4.69) is 19.9 Å². The fourth-order valence-corrected chi connectivity index (χ4v) is 4.21. The van der Waals surface area contributed by atoms with E-state index in [4.69, 9.17) is 11.6 Å². The number of H-pyrrole nitrogens is 2. The van der Waals surface area contributed by atoms with Crippen molar-refractivity contribution in [3.05, 3.63) is 57.1 Å². The van der Waals surface area contributed by atoms with Crippen LogP contribution in [0.2, 0.25) is 5.15 Å². The van der Waals surface area contributed by atoms with Crippen LogP contribution in [0.3, 0.4) is 0 Å². The van der Waals surface area contributed by atoms with Gasteiger partial charge in [-0.3, -0.25) is 13.9 Å². The largest absolute Gasteiger partial charge is 0.355 e. The topological polar surface area (TPSA) is 79.4 Å². The van der Waals surface area contributed by atoms with Crippen LogP contribution in [-0.4, -0.2) is 31.2 Å². The van der Waals surface area contributed by atoms with Gasteiger partial charge in [0.15, 0.2) is 0 Å². The van der Waals surface area contributed by atoms with Gasteiger partial charge in [0.2, 0.25) is 0 Å². The van der Waals surface area contributed by atoms with Gasteiger partial charge in [-0.05, 0) is 50.3 Å². The third-order valence-electron chi connectivity index (χ3n) is 5.51. The molecule has 1 aliphatic carbocycles. The van der Waals surface area contributed by atoms with E-state index in [9.17, 15) is 9.18 Å². The van der Waals surface area contributed by atoms with Crippen molar-refractivity contribution in [2.24, 2.45) is 0 Å². The van der Waals surface area contributed by atoms with Gasteiger partial charge in [0, 0.05) is 23.2 Å². The molecule has 1 saturated carbocycles. The smallest absolute Gasteiger partial charge is 0.326 e. The highest BCUT2D eigenvalue weighted by Gasteiger charge is 2.29. The molecule has 0 radical (unpaired) electrons. The molecule has 0 saturated heterocycles. The average molecular weight is 414 g/mol. The quantitative estimate of drug-likeness (QED) is 0.346. The number of aryl methyl sites for hydroxylation is 1. The molecule has 4 heterocycles. The van der Waals surface area contributed by atoms with Crippen molar-refractivity contribution in [1.29, 1.82) is 0 Å². The molecule has 0 aliphatic heterocycles. The Labute approximate surface area is 171 Å². The Morgan fingerprint density at radius 2 is 2.10 bits per heavy atom. The minimum atomic E-state index is -0.333. The fraction of sp³-hybridized carbons (Fsp3) is 0.381. The molecule has 5 rings (SSSR count). The Morgan fingerprint density at radius 3 is 2.90 bits per heavy atom. The van der Waals surface area contributed by atoms with Gasteiger partial charge in [-0.1, -0.05) is 11.6 Å². The van der Waals surface area contributed by atoms with Crippen LogP contribution in [0, 0.1) is 0 Å². The van der Waals surface area contributed by atoms with E-state index in [1.54, 1.807) is 10.8 Å². The number of unbranched alkanes of at least 4 members (excludes halogenated alkanes) is 1. The number of aromatic nitrogens is 5. The molecule has 2 N–H and O–H groups in total. The first-order chi connectivity index (χ1) is 14.1. The molecule has 8 heteroatoms. The lowest BCUT2D eigenvalue weighted by Crippen LogP contribution is -2.18. The Balaban J connectivity index is 1.55. The first-order valence-corrected chi connectivity index (χ1v) is 10.3. The summed E-state index contributed by atoms with van der Waals surface area (Å²) in [7, 11) is 0. The van der Waals surface area contributed by atoms with Gasteiger partial charge in [-0.15, -0.1) is 0 Å². The molecule has 4 aromatic rings. The van der Waals surface area contributed by atoms with E-state index in [1.807, 2.05) is 18.2 Å². The molecule has 1 fully saturated rings. The maximum Gasteiger partial charge on any atom is 0.326 e. The summed E-state index contributed by atoms with van der Waals surface area (Å²) >= 11 is 6.19. The molecule has 1 aliphatic rings. The highest BCUT2D eigenvalue weighted by molar-refractivity contribution is 6.30. The predicted octanol–water partition coefficient (Wildman–Crippen LogP) is 4.47. The van der Waals surface area contributed by atoms with Gasteiger partial charge < -0.3 is 9.97 Å². The molecule has 0 unspecified atom stereocenters. The maximum absolute atomic E-state index is 12.6. The number of halogens is 2. The first kappa shape index (κ1) is 18.4. The van der Waals surface area contributed by atoms with Crippen LogP contribution in [0.4, 0.5) is 4.39 Å². The van der Waals surface area contributed by atoms with Crippen molar-refractivity contribution in [2.75, 3.05) is 6.67 Å². The van der Waals surface area contributed by atoms with Gasteiger partial charge >= 0.3 is 5.69 Å². The van der Waals surface area contributed by atoms with Crippen molar-refractivity contribution in [3.8, 4) is 0 Å². The maximum atomic E-state index is 12.6. The van der Waals surface area contributed by atoms with Crippen molar-refractivity contribution < 1.29 is 4.39 Å². The Kier molecular flexibility index (Phi) is 4.62. The third-order valence-corrected chi connectivity index (χ3v) is 5.70. The number of hydrogen-bond acceptors (Lipinski definition) is 3. The monoisotopic (exact) mass is 413 g/mol. The number of pyridine rings is 2. The summed E-state index contributed by atoms with van der Waals surface area (Å²) in [6.45, 7) is 0.0704. The van der Waals surface area contributed by atoms with Gasteiger partial charge in [-0.25, -0.2) is 9.78 Å². The second kappa shape index (κ2) is 7.30. The van der Waals surface area contributed by atoms with Gasteiger partial charge in [0.25, 0.3) is 0 Å². The number of nitrogens with zero attached hydrogens (tertiary/aromatic N) is 3. The predicted molar refractivity (Wildman–Crippen MR) is 111 cm³/mol. The van der Waals surface area contributed by atoms with Crippen LogP contribution in [0.5, 0.6) is 0 Å². The fourth-order valence-electron chi connectivity index (χ4n) is 4.00. The van der Waals surface area contributed by atoms with Crippen LogP contribution >= 0.6 is 11.6 Å². The number of hydrogen-bond donors (Lipinski definition) is 2.